The van der Waals surface area contributed by atoms with E-state index in [0.717, 1.165) is 50.3 Å². The number of amides is 1. The van der Waals surface area contributed by atoms with E-state index in [2.05, 4.69) is 17.4 Å². The van der Waals surface area contributed by atoms with E-state index in [1.807, 2.05) is 23.9 Å². The Morgan fingerprint density at radius 3 is 2.83 bits per heavy atom. The number of ether oxygens (including phenoxy) is 2. The van der Waals surface area contributed by atoms with Gasteiger partial charge in [0.1, 0.15) is 6.10 Å². The van der Waals surface area contributed by atoms with Gasteiger partial charge in [0.2, 0.25) is 0 Å². The maximum Gasteiger partial charge on any atom is 0.253 e. The van der Waals surface area contributed by atoms with Gasteiger partial charge >= 0.3 is 0 Å². The van der Waals surface area contributed by atoms with Gasteiger partial charge < -0.3 is 20.5 Å². The molecule has 1 amide bonds. The van der Waals surface area contributed by atoms with Crippen molar-refractivity contribution in [3.63, 3.8) is 0 Å². The summed E-state index contributed by atoms with van der Waals surface area (Å²) in [5.74, 6) is 0.893. The highest BCUT2D eigenvalue weighted by Gasteiger charge is 2.29. The monoisotopic (exact) mass is 350 g/mol. The van der Waals surface area contributed by atoms with E-state index in [0.29, 0.717) is 11.8 Å². The molecule has 1 aromatic carbocycles. The van der Waals surface area contributed by atoms with Crippen molar-refractivity contribution < 1.29 is 14.3 Å². The van der Waals surface area contributed by atoms with Crippen molar-refractivity contribution in [1.82, 2.24) is 0 Å². The molecule has 2 fully saturated rings. The van der Waals surface area contributed by atoms with Gasteiger partial charge in [0.05, 0.1) is 6.10 Å². The molecule has 0 saturated carbocycles. The van der Waals surface area contributed by atoms with Crippen LogP contribution in [0, 0.1) is 0 Å². The molecule has 0 spiro atoms. The number of benzene rings is 1. The second-order valence-corrected chi connectivity index (χ2v) is 7.66. The fourth-order valence-corrected chi connectivity index (χ4v) is 4.22. The molecule has 0 radical (unpaired) electrons. The topological polar surface area (TPSA) is 73.6 Å². The molecule has 3 rings (SSSR count). The smallest absolute Gasteiger partial charge is 0.253 e. The summed E-state index contributed by atoms with van der Waals surface area (Å²) in [5.41, 5.74) is 7.67. The van der Waals surface area contributed by atoms with Gasteiger partial charge in [-0.25, -0.2) is 0 Å². The average molecular weight is 350 g/mol. The molecule has 5 nitrogen and oxygen atoms in total. The van der Waals surface area contributed by atoms with Gasteiger partial charge in [-0.3, -0.25) is 4.79 Å². The molecular weight excluding hydrogens is 324 g/mol. The SMILES string of the molecule is NC[C@H]1CC[C@@H](C(=O)Nc2cccc(CSC3CCOCC3)c2)O1. The van der Waals surface area contributed by atoms with Crippen molar-refractivity contribution in [3.8, 4) is 0 Å². The first kappa shape index (κ1) is 17.7. The summed E-state index contributed by atoms with van der Waals surface area (Å²) in [6.45, 7) is 2.22. The lowest BCUT2D eigenvalue weighted by Gasteiger charge is -2.21. The van der Waals surface area contributed by atoms with Crippen LogP contribution in [0.4, 0.5) is 5.69 Å². The van der Waals surface area contributed by atoms with Crippen LogP contribution in [0.1, 0.15) is 31.2 Å². The Balaban J connectivity index is 1.50. The summed E-state index contributed by atoms with van der Waals surface area (Å²) in [7, 11) is 0. The summed E-state index contributed by atoms with van der Waals surface area (Å²) in [4.78, 5) is 12.3. The summed E-state index contributed by atoms with van der Waals surface area (Å²) in [6.07, 6.45) is 3.50. The number of carbonyl (C=O) groups is 1. The summed E-state index contributed by atoms with van der Waals surface area (Å²) in [6, 6.07) is 8.08. The van der Waals surface area contributed by atoms with Crippen LogP contribution in [0.3, 0.4) is 0 Å². The molecule has 6 heteroatoms. The lowest BCUT2D eigenvalue weighted by molar-refractivity contribution is -0.126. The number of hydrogen-bond donors (Lipinski definition) is 2. The molecular formula is C18H26N2O3S. The van der Waals surface area contributed by atoms with Crippen LogP contribution < -0.4 is 11.1 Å². The minimum atomic E-state index is -0.376. The molecule has 0 aromatic heterocycles. The van der Waals surface area contributed by atoms with Gasteiger partial charge in [-0.15, -0.1) is 0 Å². The van der Waals surface area contributed by atoms with Crippen molar-refractivity contribution in [2.24, 2.45) is 5.73 Å². The van der Waals surface area contributed by atoms with Gasteiger partial charge in [0.15, 0.2) is 0 Å². The highest BCUT2D eigenvalue weighted by Crippen LogP contribution is 2.27. The van der Waals surface area contributed by atoms with Crippen molar-refractivity contribution in [1.29, 1.82) is 0 Å². The van der Waals surface area contributed by atoms with E-state index >= 15 is 0 Å². The number of thioether (sulfide) groups is 1. The Morgan fingerprint density at radius 1 is 1.25 bits per heavy atom. The predicted octanol–water partition coefficient (Wildman–Crippen LogP) is 2.54. The normalized spacial score (nSPS) is 24.9. The lowest BCUT2D eigenvalue weighted by atomic mass is 10.1. The van der Waals surface area contributed by atoms with Gasteiger partial charge in [0, 0.05) is 36.4 Å². The zero-order valence-electron chi connectivity index (χ0n) is 13.9. The number of nitrogens with two attached hydrogens (primary N) is 1. The summed E-state index contributed by atoms with van der Waals surface area (Å²) in [5, 5.41) is 3.65. The number of hydrogen-bond acceptors (Lipinski definition) is 5. The maximum atomic E-state index is 12.3. The Kier molecular flexibility index (Phi) is 6.54. The van der Waals surface area contributed by atoms with Crippen LogP contribution in [-0.2, 0) is 20.0 Å². The van der Waals surface area contributed by atoms with Crippen molar-refractivity contribution in [2.75, 3.05) is 25.1 Å². The summed E-state index contributed by atoms with van der Waals surface area (Å²) >= 11 is 1.98. The molecule has 2 aliphatic heterocycles. The van der Waals surface area contributed by atoms with E-state index in [4.69, 9.17) is 15.2 Å². The van der Waals surface area contributed by atoms with E-state index in [1.165, 1.54) is 5.56 Å². The molecule has 2 saturated heterocycles. The second-order valence-electron chi connectivity index (χ2n) is 6.37. The second kappa shape index (κ2) is 8.85. The van der Waals surface area contributed by atoms with Crippen LogP contribution in [0.15, 0.2) is 24.3 Å². The number of carbonyl (C=O) groups excluding carboxylic acids is 1. The standard InChI is InChI=1S/C18H26N2O3S/c19-11-15-4-5-17(23-15)18(21)20-14-3-1-2-13(10-14)12-24-16-6-8-22-9-7-16/h1-3,10,15-17H,4-9,11-12,19H2,(H,20,21)/t15-,17+/m1/s1. The third-order valence-corrected chi connectivity index (χ3v) is 5.95. The summed E-state index contributed by atoms with van der Waals surface area (Å²) < 4.78 is 11.0. The molecule has 132 valence electrons. The molecule has 2 aliphatic rings. The molecule has 0 unspecified atom stereocenters. The third kappa shape index (κ3) is 4.96. The minimum Gasteiger partial charge on any atom is -0.381 e. The van der Waals surface area contributed by atoms with Crippen LogP contribution >= 0.6 is 11.8 Å². The fourth-order valence-electron chi connectivity index (χ4n) is 3.09. The third-order valence-electron chi connectivity index (χ3n) is 4.51. The zero-order chi connectivity index (χ0) is 16.8. The first-order chi connectivity index (χ1) is 11.7. The highest BCUT2D eigenvalue weighted by molar-refractivity contribution is 7.99. The van der Waals surface area contributed by atoms with E-state index in [-0.39, 0.29) is 18.1 Å². The Hall–Kier alpha value is -1.08. The molecule has 2 atom stereocenters. The Labute approximate surface area is 147 Å². The molecule has 2 heterocycles. The van der Waals surface area contributed by atoms with Gasteiger partial charge in [0.25, 0.3) is 5.91 Å². The zero-order valence-corrected chi connectivity index (χ0v) is 14.7. The quantitative estimate of drug-likeness (QED) is 0.825. The van der Waals surface area contributed by atoms with Crippen molar-refractivity contribution >= 4 is 23.4 Å². The minimum absolute atomic E-state index is 0.0166. The van der Waals surface area contributed by atoms with Gasteiger partial charge in [-0.05, 0) is 43.4 Å². The average Bonchev–Trinajstić information content (AvgIpc) is 3.11. The van der Waals surface area contributed by atoms with Crippen molar-refractivity contribution in [2.45, 2.75) is 48.9 Å². The van der Waals surface area contributed by atoms with E-state index in [1.54, 1.807) is 0 Å². The number of rotatable bonds is 6. The molecule has 0 aliphatic carbocycles. The maximum absolute atomic E-state index is 12.3. The van der Waals surface area contributed by atoms with Gasteiger partial charge in [-0.1, -0.05) is 12.1 Å². The van der Waals surface area contributed by atoms with Crippen LogP contribution in [0.5, 0.6) is 0 Å². The number of anilines is 1. The lowest BCUT2D eigenvalue weighted by Crippen LogP contribution is -2.29. The highest BCUT2D eigenvalue weighted by atomic mass is 32.2. The Bertz CT molecular complexity index is 549. The van der Waals surface area contributed by atoms with E-state index in [9.17, 15) is 4.79 Å². The predicted molar refractivity (Wildman–Crippen MR) is 97.2 cm³/mol. The van der Waals surface area contributed by atoms with Crippen LogP contribution in [-0.4, -0.2) is 43.1 Å². The largest absolute Gasteiger partial charge is 0.381 e. The Morgan fingerprint density at radius 2 is 2.08 bits per heavy atom. The number of nitrogens with one attached hydrogen (secondary N) is 1. The fraction of sp³-hybridized carbons (Fsp3) is 0.611. The first-order valence-electron chi connectivity index (χ1n) is 8.69. The first-order valence-corrected chi connectivity index (χ1v) is 9.74. The van der Waals surface area contributed by atoms with E-state index < -0.39 is 0 Å². The molecule has 3 N–H and O–H groups in total. The van der Waals surface area contributed by atoms with Gasteiger partial charge in [-0.2, -0.15) is 11.8 Å². The molecule has 1 aromatic rings. The molecule has 0 bridgehead atoms. The van der Waals surface area contributed by atoms with Crippen LogP contribution in [0.25, 0.3) is 0 Å². The molecule has 24 heavy (non-hydrogen) atoms. The van der Waals surface area contributed by atoms with Crippen LogP contribution in [0.2, 0.25) is 0 Å². The van der Waals surface area contributed by atoms with Crippen molar-refractivity contribution in [3.05, 3.63) is 29.8 Å².